The van der Waals surface area contributed by atoms with Crippen LogP contribution in [0.2, 0.25) is 0 Å². The Hall–Kier alpha value is -3.65. The van der Waals surface area contributed by atoms with Crippen LogP contribution in [0.25, 0.3) is 22.6 Å². The molecule has 1 saturated heterocycles. The molecule has 1 aliphatic heterocycles. The summed E-state index contributed by atoms with van der Waals surface area (Å²) in [4.78, 5) is 4.90. The topological polar surface area (TPSA) is 80.4 Å². The first-order chi connectivity index (χ1) is 15.5. The Labute approximate surface area is 183 Å². The standard InChI is InChI=1S/C24H23F2N5O/c1-14(27)23-22(30-24-19(13-29-31(23)24)15-8-10-28-11-9-15)16-2-5-18(6-3-16)32-21-7-4-17(25)12-20(21)26/h2-7,12-13,15,28-29H,1,8-11,27H2. The summed E-state index contributed by atoms with van der Waals surface area (Å²) in [6, 6.07) is 10.3. The number of imidazole rings is 1. The van der Waals surface area contributed by atoms with Gasteiger partial charge in [-0.1, -0.05) is 6.58 Å². The summed E-state index contributed by atoms with van der Waals surface area (Å²) < 4.78 is 34.4. The summed E-state index contributed by atoms with van der Waals surface area (Å²) in [6.07, 6.45) is 4.11. The normalized spacial score (nSPS) is 14.7. The van der Waals surface area contributed by atoms with Crippen molar-refractivity contribution in [1.29, 1.82) is 0 Å². The fourth-order valence-electron chi connectivity index (χ4n) is 4.23. The molecular formula is C24H23F2N5O. The third-order valence-electron chi connectivity index (χ3n) is 5.82. The highest BCUT2D eigenvalue weighted by molar-refractivity contribution is 5.79. The Bertz CT molecular complexity index is 1290. The van der Waals surface area contributed by atoms with Crippen LogP contribution in [0.15, 0.2) is 55.2 Å². The molecule has 32 heavy (non-hydrogen) atoms. The quantitative estimate of drug-likeness (QED) is 0.421. The summed E-state index contributed by atoms with van der Waals surface area (Å²) in [5, 5.41) is 6.67. The maximum absolute atomic E-state index is 13.9. The average molecular weight is 435 g/mol. The van der Waals surface area contributed by atoms with Crippen LogP contribution in [-0.4, -0.2) is 27.7 Å². The summed E-state index contributed by atoms with van der Waals surface area (Å²) in [6.45, 7) is 5.91. The van der Waals surface area contributed by atoms with Gasteiger partial charge in [-0.3, -0.25) is 5.10 Å². The number of hydrogen-bond donors (Lipinski definition) is 3. The fraction of sp³-hybridized carbons (Fsp3) is 0.208. The van der Waals surface area contributed by atoms with Crippen LogP contribution >= 0.6 is 0 Å². The molecule has 164 valence electrons. The first-order valence-electron chi connectivity index (χ1n) is 10.5. The van der Waals surface area contributed by atoms with Gasteiger partial charge in [0.15, 0.2) is 17.2 Å². The number of nitrogens with two attached hydrogens (primary N) is 1. The van der Waals surface area contributed by atoms with Crippen LogP contribution in [0, 0.1) is 11.6 Å². The highest BCUT2D eigenvalue weighted by atomic mass is 19.1. The van der Waals surface area contributed by atoms with Gasteiger partial charge in [0.05, 0.1) is 5.70 Å². The Kier molecular flexibility index (Phi) is 5.14. The van der Waals surface area contributed by atoms with Crippen molar-refractivity contribution in [3.05, 3.63) is 78.1 Å². The summed E-state index contributed by atoms with van der Waals surface area (Å²) in [5.41, 5.74) is 10.8. The first-order valence-corrected chi connectivity index (χ1v) is 10.5. The second-order valence-corrected chi connectivity index (χ2v) is 7.95. The van der Waals surface area contributed by atoms with E-state index in [1.54, 1.807) is 12.1 Å². The minimum atomic E-state index is -0.760. The van der Waals surface area contributed by atoms with Crippen LogP contribution in [0.5, 0.6) is 11.5 Å². The van der Waals surface area contributed by atoms with E-state index in [-0.39, 0.29) is 5.75 Å². The van der Waals surface area contributed by atoms with Crippen molar-refractivity contribution in [1.82, 2.24) is 19.9 Å². The zero-order chi connectivity index (χ0) is 22.2. The first kappa shape index (κ1) is 20.3. The molecule has 0 spiro atoms. The molecule has 0 radical (unpaired) electrons. The van der Waals surface area contributed by atoms with Crippen LogP contribution < -0.4 is 15.8 Å². The minimum absolute atomic E-state index is 0.0444. The van der Waals surface area contributed by atoms with E-state index in [2.05, 4.69) is 17.0 Å². The van der Waals surface area contributed by atoms with Gasteiger partial charge in [-0.2, -0.15) is 0 Å². The number of fused-ring (bicyclic) bond motifs is 1. The lowest BCUT2D eigenvalue weighted by Crippen LogP contribution is -2.26. The molecule has 0 bridgehead atoms. The molecule has 0 aliphatic carbocycles. The van der Waals surface area contributed by atoms with Gasteiger partial charge in [0.2, 0.25) is 0 Å². The lowest BCUT2D eigenvalue weighted by molar-refractivity contribution is 0.438. The summed E-state index contributed by atoms with van der Waals surface area (Å²) in [5.74, 6) is -0.603. The van der Waals surface area contributed by atoms with E-state index in [1.807, 2.05) is 22.8 Å². The molecule has 4 aromatic rings. The molecule has 0 saturated carbocycles. The maximum Gasteiger partial charge on any atom is 0.168 e. The number of H-pyrrole nitrogens is 1. The monoisotopic (exact) mass is 435 g/mol. The van der Waals surface area contributed by atoms with E-state index in [1.165, 1.54) is 11.6 Å². The van der Waals surface area contributed by atoms with Crippen molar-refractivity contribution in [2.75, 3.05) is 13.1 Å². The number of rotatable bonds is 5. The maximum atomic E-state index is 13.9. The molecule has 0 atom stereocenters. The van der Waals surface area contributed by atoms with Gasteiger partial charge in [0.25, 0.3) is 0 Å². The number of benzene rings is 2. The molecule has 5 rings (SSSR count). The Balaban J connectivity index is 1.49. The molecule has 0 unspecified atom stereocenters. The van der Waals surface area contributed by atoms with Gasteiger partial charge in [-0.05, 0) is 68.2 Å². The third kappa shape index (κ3) is 3.62. The lowest BCUT2D eigenvalue weighted by Gasteiger charge is -2.21. The number of halogens is 2. The lowest BCUT2D eigenvalue weighted by atomic mass is 9.92. The third-order valence-corrected chi connectivity index (χ3v) is 5.82. The van der Waals surface area contributed by atoms with Crippen LogP contribution in [0.3, 0.4) is 0 Å². The van der Waals surface area contributed by atoms with Crippen molar-refractivity contribution in [3.8, 4) is 22.8 Å². The number of hydrogen-bond acceptors (Lipinski definition) is 4. The van der Waals surface area contributed by atoms with Crippen LogP contribution in [0.1, 0.15) is 30.0 Å². The fourth-order valence-corrected chi connectivity index (χ4v) is 4.23. The van der Waals surface area contributed by atoms with Crippen molar-refractivity contribution < 1.29 is 13.5 Å². The molecule has 0 amide bonds. The number of nitrogens with one attached hydrogen (secondary N) is 2. The molecule has 2 aromatic carbocycles. The Morgan fingerprint density at radius 1 is 1.12 bits per heavy atom. The summed E-state index contributed by atoms with van der Waals surface area (Å²) >= 11 is 0. The van der Waals surface area contributed by atoms with Gasteiger partial charge < -0.3 is 15.8 Å². The van der Waals surface area contributed by atoms with Gasteiger partial charge in [-0.25, -0.2) is 18.3 Å². The van der Waals surface area contributed by atoms with Crippen molar-refractivity contribution in [2.45, 2.75) is 18.8 Å². The van der Waals surface area contributed by atoms with E-state index in [0.29, 0.717) is 28.8 Å². The van der Waals surface area contributed by atoms with E-state index in [9.17, 15) is 8.78 Å². The average Bonchev–Trinajstić information content (AvgIpc) is 3.36. The highest BCUT2D eigenvalue weighted by Crippen LogP contribution is 2.34. The number of aromatic nitrogens is 3. The van der Waals surface area contributed by atoms with Crippen molar-refractivity contribution in [3.63, 3.8) is 0 Å². The predicted molar refractivity (Wildman–Crippen MR) is 119 cm³/mol. The zero-order valence-electron chi connectivity index (χ0n) is 17.4. The van der Waals surface area contributed by atoms with Crippen molar-refractivity contribution >= 4 is 11.3 Å². The zero-order valence-corrected chi connectivity index (χ0v) is 17.4. The number of piperidine rings is 1. The molecular weight excluding hydrogens is 412 g/mol. The number of ether oxygens (including phenoxy) is 1. The summed E-state index contributed by atoms with van der Waals surface area (Å²) in [7, 11) is 0. The SMILES string of the molecule is C=C(N)c1c(-c2ccc(Oc3ccc(F)cc3F)cc2)nc2c(C3CCNCC3)c[nH]n12. The Morgan fingerprint density at radius 3 is 2.56 bits per heavy atom. The van der Waals surface area contributed by atoms with Gasteiger partial charge in [0, 0.05) is 23.4 Å². The van der Waals surface area contributed by atoms with Crippen LogP contribution in [-0.2, 0) is 0 Å². The molecule has 6 nitrogen and oxygen atoms in total. The van der Waals surface area contributed by atoms with Crippen molar-refractivity contribution in [2.24, 2.45) is 5.73 Å². The second kappa shape index (κ2) is 8.12. The smallest absolute Gasteiger partial charge is 0.168 e. The van der Waals surface area contributed by atoms with Gasteiger partial charge in [-0.15, -0.1) is 0 Å². The van der Waals surface area contributed by atoms with E-state index in [4.69, 9.17) is 15.5 Å². The Morgan fingerprint density at radius 2 is 1.88 bits per heavy atom. The predicted octanol–water partition coefficient (Wildman–Crippen LogP) is 4.80. The number of nitrogens with zero attached hydrogens (tertiary/aromatic N) is 2. The molecule has 8 heteroatoms. The van der Waals surface area contributed by atoms with E-state index >= 15 is 0 Å². The molecule has 2 aromatic heterocycles. The van der Waals surface area contributed by atoms with Gasteiger partial charge in [0.1, 0.15) is 23.0 Å². The minimum Gasteiger partial charge on any atom is -0.454 e. The molecule has 1 aliphatic rings. The molecule has 1 fully saturated rings. The highest BCUT2D eigenvalue weighted by Gasteiger charge is 2.24. The number of aromatic amines is 1. The van der Waals surface area contributed by atoms with Crippen LogP contribution in [0.4, 0.5) is 8.78 Å². The van der Waals surface area contributed by atoms with Gasteiger partial charge >= 0.3 is 0 Å². The largest absolute Gasteiger partial charge is 0.454 e. The van der Waals surface area contributed by atoms with E-state index in [0.717, 1.165) is 49.3 Å². The second-order valence-electron chi connectivity index (χ2n) is 7.95. The molecule has 3 heterocycles. The molecule has 4 N–H and O–H groups in total. The van der Waals surface area contributed by atoms with E-state index < -0.39 is 11.6 Å².